The first-order valence-corrected chi connectivity index (χ1v) is 5.89. The number of pyridine rings is 1. The molecule has 0 aliphatic carbocycles. The molecule has 0 aromatic carbocycles. The normalized spacial score (nSPS) is 12.4. The summed E-state index contributed by atoms with van der Waals surface area (Å²) in [4.78, 5) is 23.3. The van der Waals surface area contributed by atoms with Gasteiger partial charge in [-0.25, -0.2) is 4.79 Å². The van der Waals surface area contributed by atoms with Crippen LogP contribution in [-0.4, -0.2) is 29.4 Å². The number of aryl methyl sites for hydroxylation is 1. The highest BCUT2D eigenvalue weighted by Crippen LogP contribution is 2.17. The van der Waals surface area contributed by atoms with E-state index in [0.29, 0.717) is 24.3 Å². The molecule has 1 heterocycles. The van der Waals surface area contributed by atoms with Gasteiger partial charge >= 0.3 is 5.97 Å². The second-order valence-corrected chi connectivity index (χ2v) is 4.32. The number of hydrogen-bond acceptors (Lipinski definition) is 3. The third-order valence-electron chi connectivity index (χ3n) is 3.10. The van der Waals surface area contributed by atoms with E-state index in [4.69, 9.17) is 4.74 Å². The summed E-state index contributed by atoms with van der Waals surface area (Å²) in [7, 11) is 1.56. The number of methoxy groups -OCH3 is 1. The molecule has 1 rings (SSSR count). The third-order valence-corrected chi connectivity index (χ3v) is 3.10. The van der Waals surface area contributed by atoms with Crippen molar-refractivity contribution < 1.29 is 14.6 Å². The zero-order valence-corrected chi connectivity index (χ0v) is 11.2. The number of carboxylic acids is 1. The fourth-order valence-electron chi connectivity index (χ4n) is 2.24. The van der Waals surface area contributed by atoms with E-state index in [-0.39, 0.29) is 17.2 Å². The van der Waals surface area contributed by atoms with E-state index in [2.05, 4.69) is 0 Å². The first-order chi connectivity index (χ1) is 8.43. The van der Waals surface area contributed by atoms with Crippen LogP contribution in [0.1, 0.15) is 41.0 Å². The van der Waals surface area contributed by atoms with Gasteiger partial charge in [0.2, 0.25) is 0 Å². The summed E-state index contributed by atoms with van der Waals surface area (Å²) < 4.78 is 6.60. The van der Waals surface area contributed by atoms with Crippen LogP contribution < -0.4 is 5.56 Å². The summed E-state index contributed by atoms with van der Waals surface area (Å²) >= 11 is 0. The lowest BCUT2D eigenvalue weighted by Gasteiger charge is -2.22. The Bertz CT molecular complexity index is 504. The van der Waals surface area contributed by atoms with E-state index in [1.165, 1.54) is 10.6 Å². The molecule has 0 amide bonds. The van der Waals surface area contributed by atoms with E-state index in [1.54, 1.807) is 21.0 Å². The van der Waals surface area contributed by atoms with Gasteiger partial charge in [-0.15, -0.1) is 0 Å². The van der Waals surface area contributed by atoms with E-state index in [0.717, 1.165) is 0 Å². The van der Waals surface area contributed by atoms with Gasteiger partial charge in [0.25, 0.3) is 5.56 Å². The molecule has 18 heavy (non-hydrogen) atoms. The maximum Gasteiger partial charge on any atom is 0.337 e. The molecule has 0 aliphatic rings. The predicted octanol–water partition coefficient (Wildman–Crippen LogP) is 1.76. The smallest absolute Gasteiger partial charge is 0.337 e. The van der Waals surface area contributed by atoms with Gasteiger partial charge < -0.3 is 14.4 Å². The van der Waals surface area contributed by atoms with E-state index in [9.17, 15) is 14.7 Å². The number of aromatic nitrogens is 1. The van der Waals surface area contributed by atoms with Gasteiger partial charge in [0.1, 0.15) is 0 Å². The molecule has 1 atom stereocenters. The molecule has 5 heteroatoms. The minimum atomic E-state index is -1.01. The van der Waals surface area contributed by atoms with Crippen molar-refractivity contribution in [1.82, 2.24) is 4.57 Å². The van der Waals surface area contributed by atoms with Gasteiger partial charge in [-0.2, -0.15) is 0 Å². The van der Waals surface area contributed by atoms with Crippen LogP contribution in [0.4, 0.5) is 0 Å². The molecule has 100 valence electrons. The van der Waals surface area contributed by atoms with Crippen molar-refractivity contribution in [3.63, 3.8) is 0 Å². The summed E-state index contributed by atoms with van der Waals surface area (Å²) in [6.07, 6.45) is 0.705. The zero-order valence-electron chi connectivity index (χ0n) is 11.2. The number of hydrogen-bond donors (Lipinski definition) is 1. The number of rotatable bonds is 5. The Balaban J connectivity index is 3.48. The highest BCUT2D eigenvalue weighted by molar-refractivity contribution is 5.90. The lowest BCUT2D eigenvalue weighted by Crippen LogP contribution is -2.31. The molecular formula is C13H19NO4. The predicted molar refractivity (Wildman–Crippen MR) is 68.3 cm³/mol. The number of aromatic carboxylic acids is 1. The average Bonchev–Trinajstić information content (AvgIpc) is 2.26. The number of ether oxygens (including phenoxy) is 1. The molecular weight excluding hydrogens is 234 g/mol. The van der Waals surface area contributed by atoms with Crippen molar-refractivity contribution in [3.8, 4) is 0 Å². The standard InChI is InChI=1S/C13H19NO4/c1-5-10(7-18-4)14-9(3)12(13(16)17)8(2)6-11(14)15/h6,10H,5,7H2,1-4H3,(H,16,17). The Kier molecular flexibility index (Phi) is 4.67. The highest BCUT2D eigenvalue weighted by atomic mass is 16.5. The van der Waals surface area contributed by atoms with E-state index >= 15 is 0 Å². The highest BCUT2D eigenvalue weighted by Gasteiger charge is 2.20. The second kappa shape index (κ2) is 5.82. The van der Waals surface area contributed by atoms with Crippen molar-refractivity contribution in [3.05, 3.63) is 33.2 Å². The van der Waals surface area contributed by atoms with Gasteiger partial charge in [0.15, 0.2) is 0 Å². The second-order valence-electron chi connectivity index (χ2n) is 4.32. The lowest BCUT2D eigenvalue weighted by molar-refractivity contribution is 0.0693. The van der Waals surface area contributed by atoms with Crippen LogP contribution in [0, 0.1) is 13.8 Å². The van der Waals surface area contributed by atoms with Gasteiger partial charge in [-0.1, -0.05) is 6.92 Å². The van der Waals surface area contributed by atoms with Crippen molar-refractivity contribution in [2.45, 2.75) is 33.2 Å². The van der Waals surface area contributed by atoms with Crippen LogP contribution in [0.15, 0.2) is 10.9 Å². The molecule has 0 spiro atoms. The van der Waals surface area contributed by atoms with E-state index in [1.807, 2.05) is 6.92 Å². The van der Waals surface area contributed by atoms with E-state index < -0.39 is 5.97 Å². The third kappa shape index (κ3) is 2.61. The van der Waals surface area contributed by atoms with Crippen molar-refractivity contribution >= 4 is 5.97 Å². The van der Waals surface area contributed by atoms with Gasteiger partial charge in [-0.05, 0) is 25.8 Å². The van der Waals surface area contributed by atoms with Gasteiger partial charge in [0, 0.05) is 18.9 Å². The minimum Gasteiger partial charge on any atom is -0.478 e. The summed E-state index contributed by atoms with van der Waals surface area (Å²) in [6.45, 7) is 5.63. The summed E-state index contributed by atoms with van der Waals surface area (Å²) in [5.74, 6) is -1.01. The molecule has 5 nitrogen and oxygen atoms in total. The molecule has 0 saturated carbocycles. The Labute approximate surface area is 106 Å². The Morgan fingerprint density at radius 1 is 1.50 bits per heavy atom. The Morgan fingerprint density at radius 3 is 2.56 bits per heavy atom. The first kappa shape index (κ1) is 14.4. The Hall–Kier alpha value is -1.62. The largest absolute Gasteiger partial charge is 0.478 e. The molecule has 0 aliphatic heterocycles. The fraction of sp³-hybridized carbons (Fsp3) is 0.538. The molecule has 1 aromatic heterocycles. The summed E-state index contributed by atoms with van der Waals surface area (Å²) in [5.41, 5.74) is 0.993. The Morgan fingerprint density at radius 2 is 2.11 bits per heavy atom. The topological polar surface area (TPSA) is 68.5 Å². The lowest BCUT2D eigenvalue weighted by atomic mass is 10.1. The summed E-state index contributed by atoms with van der Waals surface area (Å²) in [5, 5.41) is 9.20. The molecule has 1 aromatic rings. The van der Waals surface area contributed by atoms with Crippen molar-refractivity contribution in [2.24, 2.45) is 0 Å². The van der Waals surface area contributed by atoms with Crippen LogP contribution in [0.2, 0.25) is 0 Å². The van der Waals surface area contributed by atoms with Crippen molar-refractivity contribution in [1.29, 1.82) is 0 Å². The average molecular weight is 253 g/mol. The molecule has 0 radical (unpaired) electrons. The first-order valence-electron chi connectivity index (χ1n) is 5.89. The molecule has 1 N–H and O–H groups in total. The van der Waals surface area contributed by atoms with Crippen molar-refractivity contribution in [2.75, 3.05) is 13.7 Å². The maximum atomic E-state index is 12.0. The van der Waals surface area contributed by atoms with Gasteiger partial charge in [0.05, 0.1) is 18.2 Å². The number of nitrogens with zero attached hydrogens (tertiary/aromatic N) is 1. The SMILES string of the molecule is CCC(COC)n1c(C)c(C(=O)O)c(C)cc1=O. The monoisotopic (exact) mass is 253 g/mol. The molecule has 0 fully saturated rings. The van der Waals surface area contributed by atoms with Crippen LogP contribution in [0.5, 0.6) is 0 Å². The maximum absolute atomic E-state index is 12.0. The van der Waals surface area contributed by atoms with Crippen LogP contribution >= 0.6 is 0 Å². The minimum absolute atomic E-state index is 0.138. The fourth-order valence-corrected chi connectivity index (χ4v) is 2.24. The molecule has 0 saturated heterocycles. The molecule has 1 unspecified atom stereocenters. The van der Waals surface area contributed by atoms with Gasteiger partial charge in [-0.3, -0.25) is 4.79 Å². The number of carbonyl (C=O) groups is 1. The van der Waals surface area contributed by atoms with Crippen LogP contribution in [0.25, 0.3) is 0 Å². The van der Waals surface area contributed by atoms with Crippen LogP contribution in [0.3, 0.4) is 0 Å². The zero-order chi connectivity index (χ0) is 13.9. The van der Waals surface area contributed by atoms with Crippen LogP contribution in [-0.2, 0) is 4.74 Å². The molecule has 0 bridgehead atoms. The summed E-state index contributed by atoms with van der Waals surface area (Å²) in [6, 6.07) is 1.23. The number of carboxylic acid groups (broad SMARTS) is 1. The quantitative estimate of drug-likeness (QED) is 0.868.